The van der Waals surface area contributed by atoms with Crippen LogP contribution < -0.4 is 0 Å². The number of nitrogens with zero attached hydrogens (tertiary/aromatic N) is 2. The first-order valence-corrected chi connectivity index (χ1v) is 6.58. The lowest BCUT2D eigenvalue weighted by Gasteiger charge is -2.04. The van der Waals surface area contributed by atoms with Crippen molar-refractivity contribution in [3.8, 4) is 22.3 Å². The van der Waals surface area contributed by atoms with Crippen LogP contribution >= 0.6 is 0 Å². The normalized spacial score (nSPS) is 11.5. The van der Waals surface area contributed by atoms with Crippen molar-refractivity contribution >= 4 is 22.1 Å². The molecule has 0 bridgehead atoms. The van der Waals surface area contributed by atoms with Gasteiger partial charge >= 0.3 is 0 Å². The second-order valence-corrected chi connectivity index (χ2v) is 5.07. The van der Waals surface area contributed by atoms with E-state index in [2.05, 4.69) is 0 Å². The Bertz CT molecular complexity index is 995. The van der Waals surface area contributed by atoms with E-state index >= 15 is 0 Å². The fourth-order valence-electron chi connectivity index (χ4n) is 3.16. The monoisotopic (exact) mass is 292 g/mol. The largest absolute Gasteiger partial charge is 0.277 e. The molecule has 6 nitrogen and oxygen atoms in total. The second kappa shape index (κ2) is 4.11. The van der Waals surface area contributed by atoms with Crippen molar-refractivity contribution in [1.82, 2.24) is 0 Å². The molecule has 1 aliphatic carbocycles. The molecular weight excluding hydrogens is 284 g/mol. The van der Waals surface area contributed by atoms with Gasteiger partial charge in [-0.05, 0) is 28.8 Å². The minimum absolute atomic E-state index is 0.0285. The van der Waals surface area contributed by atoms with Gasteiger partial charge in [-0.2, -0.15) is 0 Å². The predicted octanol–water partition coefficient (Wildman–Crippen LogP) is 4.30. The fourth-order valence-corrected chi connectivity index (χ4v) is 3.16. The molecule has 0 aromatic heterocycles. The maximum Gasteiger partial charge on any atom is 0.277 e. The average molecular weight is 292 g/mol. The van der Waals surface area contributed by atoms with Gasteiger partial charge in [0.1, 0.15) is 0 Å². The third-order valence-electron chi connectivity index (χ3n) is 4.02. The van der Waals surface area contributed by atoms with Crippen molar-refractivity contribution in [3.05, 3.63) is 68.8 Å². The summed E-state index contributed by atoms with van der Waals surface area (Å²) in [5.74, 6) is 0. The van der Waals surface area contributed by atoms with E-state index in [-0.39, 0.29) is 11.4 Å². The standard InChI is InChI=1S/C16H8N2O4/c19-17(20)13-7-5-11-9-3-1-2-4-10(9)16-14(18(21)22)8-6-12(13)15(11)16/h1-8H. The van der Waals surface area contributed by atoms with Crippen LogP contribution in [0.2, 0.25) is 0 Å². The minimum atomic E-state index is -0.461. The molecule has 0 saturated heterocycles. The van der Waals surface area contributed by atoms with Crippen molar-refractivity contribution in [2.24, 2.45) is 0 Å². The number of benzene rings is 3. The van der Waals surface area contributed by atoms with E-state index in [1.807, 2.05) is 24.3 Å². The lowest BCUT2D eigenvalue weighted by atomic mass is 10.0. The van der Waals surface area contributed by atoms with Crippen molar-refractivity contribution < 1.29 is 9.85 Å². The third kappa shape index (κ3) is 1.43. The number of nitro benzene ring substituents is 2. The summed E-state index contributed by atoms with van der Waals surface area (Å²) >= 11 is 0. The molecule has 0 spiro atoms. The molecule has 4 rings (SSSR count). The number of hydrogen-bond acceptors (Lipinski definition) is 4. The Morgan fingerprint density at radius 2 is 1.32 bits per heavy atom. The summed E-state index contributed by atoms with van der Waals surface area (Å²) in [5.41, 5.74) is 2.82. The first kappa shape index (κ1) is 12.5. The quantitative estimate of drug-likeness (QED) is 0.407. The molecular formula is C16H8N2O4. The maximum atomic E-state index is 11.3. The van der Waals surface area contributed by atoms with Crippen LogP contribution in [0.1, 0.15) is 0 Å². The topological polar surface area (TPSA) is 86.3 Å². The molecule has 0 radical (unpaired) electrons. The highest BCUT2D eigenvalue weighted by Crippen LogP contribution is 2.52. The summed E-state index contributed by atoms with van der Waals surface area (Å²) in [4.78, 5) is 21.7. The average Bonchev–Trinajstić information content (AvgIpc) is 2.84. The maximum absolute atomic E-state index is 11.3. The Morgan fingerprint density at radius 1 is 0.682 bits per heavy atom. The predicted molar refractivity (Wildman–Crippen MR) is 81.7 cm³/mol. The third-order valence-corrected chi connectivity index (χ3v) is 4.02. The van der Waals surface area contributed by atoms with E-state index in [0.717, 1.165) is 16.7 Å². The van der Waals surface area contributed by atoms with Crippen LogP contribution in [0.4, 0.5) is 11.4 Å². The SMILES string of the molecule is O=[N+]([O-])c1ccc2c([N+](=O)[O-])ccc3c2c1-c1ccccc1-3. The van der Waals surface area contributed by atoms with E-state index in [1.54, 1.807) is 6.07 Å². The molecule has 0 N–H and O–H groups in total. The van der Waals surface area contributed by atoms with Gasteiger partial charge in [0.25, 0.3) is 11.4 Å². The highest BCUT2D eigenvalue weighted by atomic mass is 16.6. The first-order chi connectivity index (χ1) is 10.6. The van der Waals surface area contributed by atoms with Crippen LogP contribution in [0.3, 0.4) is 0 Å². The van der Waals surface area contributed by atoms with Gasteiger partial charge in [0.05, 0.1) is 20.8 Å². The molecule has 0 amide bonds. The van der Waals surface area contributed by atoms with Crippen LogP contribution in [0.15, 0.2) is 48.5 Å². The Hall–Kier alpha value is -3.28. The van der Waals surface area contributed by atoms with Crippen molar-refractivity contribution in [2.75, 3.05) is 0 Å². The van der Waals surface area contributed by atoms with Crippen LogP contribution in [-0.4, -0.2) is 9.85 Å². The van der Waals surface area contributed by atoms with Crippen molar-refractivity contribution in [3.63, 3.8) is 0 Å². The number of non-ortho nitro benzene ring substituents is 1. The Labute approximate surface area is 123 Å². The molecule has 3 aromatic carbocycles. The molecule has 0 saturated carbocycles. The lowest BCUT2D eigenvalue weighted by Crippen LogP contribution is -1.93. The zero-order valence-electron chi connectivity index (χ0n) is 11.1. The van der Waals surface area contributed by atoms with Gasteiger partial charge in [-0.3, -0.25) is 20.2 Å². The molecule has 106 valence electrons. The fraction of sp³-hybridized carbons (Fsp3) is 0. The zero-order chi connectivity index (χ0) is 15.4. The van der Waals surface area contributed by atoms with Gasteiger partial charge in [-0.1, -0.05) is 24.3 Å². The van der Waals surface area contributed by atoms with E-state index in [4.69, 9.17) is 0 Å². The first-order valence-electron chi connectivity index (χ1n) is 6.58. The van der Waals surface area contributed by atoms with Crippen LogP contribution in [-0.2, 0) is 0 Å². The van der Waals surface area contributed by atoms with Crippen LogP contribution in [0.25, 0.3) is 33.0 Å². The summed E-state index contributed by atoms with van der Waals surface area (Å²) in [6, 6.07) is 13.3. The minimum Gasteiger partial charge on any atom is -0.258 e. The zero-order valence-corrected chi connectivity index (χ0v) is 11.1. The van der Waals surface area contributed by atoms with E-state index in [1.165, 1.54) is 18.2 Å². The summed E-state index contributed by atoms with van der Waals surface area (Å²) in [6.07, 6.45) is 0. The molecule has 3 aromatic rings. The molecule has 22 heavy (non-hydrogen) atoms. The second-order valence-electron chi connectivity index (χ2n) is 5.07. The van der Waals surface area contributed by atoms with Gasteiger partial charge in [0.15, 0.2) is 0 Å². The van der Waals surface area contributed by atoms with Crippen LogP contribution in [0.5, 0.6) is 0 Å². The molecule has 6 heteroatoms. The Morgan fingerprint density at radius 3 is 2.00 bits per heavy atom. The molecule has 0 atom stereocenters. The van der Waals surface area contributed by atoms with Gasteiger partial charge < -0.3 is 0 Å². The summed E-state index contributed by atoms with van der Waals surface area (Å²) in [5, 5.41) is 23.6. The number of rotatable bonds is 2. The smallest absolute Gasteiger partial charge is 0.258 e. The highest BCUT2D eigenvalue weighted by molar-refractivity contribution is 6.19. The molecule has 0 aliphatic heterocycles. The van der Waals surface area contributed by atoms with Crippen molar-refractivity contribution in [2.45, 2.75) is 0 Å². The van der Waals surface area contributed by atoms with E-state index < -0.39 is 9.85 Å². The number of hydrogen-bond donors (Lipinski definition) is 0. The molecule has 0 unspecified atom stereocenters. The molecule has 1 aliphatic rings. The van der Waals surface area contributed by atoms with E-state index in [9.17, 15) is 20.2 Å². The van der Waals surface area contributed by atoms with Gasteiger partial charge in [-0.15, -0.1) is 0 Å². The Balaban J connectivity index is 2.26. The molecule has 0 fully saturated rings. The van der Waals surface area contributed by atoms with Gasteiger partial charge in [0, 0.05) is 17.5 Å². The van der Waals surface area contributed by atoms with Gasteiger partial charge in [0.2, 0.25) is 0 Å². The Kier molecular flexibility index (Phi) is 2.33. The number of fused-ring (bicyclic) bond motifs is 3. The lowest BCUT2D eigenvalue weighted by molar-refractivity contribution is -0.384. The van der Waals surface area contributed by atoms with Crippen molar-refractivity contribution in [1.29, 1.82) is 0 Å². The van der Waals surface area contributed by atoms with Gasteiger partial charge in [-0.25, -0.2) is 0 Å². The summed E-state index contributed by atoms with van der Waals surface area (Å²) < 4.78 is 0. The summed E-state index contributed by atoms with van der Waals surface area (Å²) in [7, 11) is 0. The van der Waals surface area contributed by atoms with E-state index in [0.29, 0.717) is 16.3 Å². The number of nitro groups is 2. The summed E-state index contributed by atoms with van der Waals surface area (Å²) in [6.45, 7) is 0. The molecule has 0 heterocycles. The highest BCUT2D eigenvalue weighted by Gasteiger charge is 2.31. The van der Waals surface area contributed by atoms with Crippen LogP contribution in [0, 0.1) is 20.2 Å².